The highest BCUT2D eigenvalue weighted by Gasteiger charge is 2.51. The van der Waals surface area contributed by atoms with Crippen molar-refractivity contribution in [1.29, 1.82) is 0 Å². The SMILES string of the molecule is CO[C@@H]1CN(C(=O)OC(C)(C)C)[C@@](C)(C(=O)O)C1. The van der Waals surface area contributed by atoms with Crippen LogP contribution in [0.1, 0.15) is 34.1 Å². The highest BCUT2D eigenvalue weighted by Crippen LogP contribution is 2.32. The summed E-state index contributed by atoms with van der Waals surface area (Å²) in [6, 6.07) is 0. The first-order valence-corrected chi connectivity index (χ1v) is 5.87. The van der Waals surface area contributed by atoms with E-state index in [-0.39, 0.29) is 19.1 Å². The second-order valence-corrected chi connectivity index (χ2v) is 5.73. The van der Waals surface area contributed by atoms with Gasteiger partial charge >= 0.3 is 12.1 Å². The summed E-state index contributed by atoms with van der Waals surface area (Å²) in [5, 5.41) is 9.30. The Hall–Kier alpha value is -1.30. The normalized spacial score (nSPS) is 28.3. The summed E-state index contributed by atoms with van der Waals surface area (Å²) in [5.41, 5.74) is -1.93. The van der Waals surface area contributed by atoms with Crippen molar-refractivity contribution in [1.82, 2.24) is 4.90 Å². The Bertz CT molecular complexity index is 349. The molecule has 0 aliphatic carbocycles. The zero-order valence-corrected chi connectivity index (χ0v) is 11.5. The number of aliphatic carboxylic acids is 1. The number of hydrogen-bond donors (Lipinski definition) is 1. The smallest absolute Gasteiger partial charge is 0.411 e. The minimum absolute atomic E-state index is 0.230. The molecular formula is C12H21NO5. The van der Waals surface area contributed by atoms with Crippen molar-refractivity contribution < 1.29 is 24.2 Å². The summed E-state index contributed by atoms with van der Waals surface area (Å²) in [6.45, 7) is 6.97. The lowest BCUT2D eigenvalue weighted by Gasteiger charge is -2.32. The van der Waals surface area contributed by atoms with Gasteiger partial charge in [-0.3, -0.25) is 4.90 Å². The van der Waals surface area contributed by atoms with Crippen LogP contribution in [-0.2, 0) is 14.3 Å². The van der Waals surface area contributed by atoms with E-state index in [1.807, 2.05) is 0 Å². The molecule has 1 N–H and O–H groups in total. The Balaban J connectivity index is 2.91. The van der Waals surface area contributed by atoms with Gasteiger partial charge in [0, 0.05) is 13.5 Å². The van der Waals surface area contributed by atoms with Crippen LogP contribution >= 0.6 is 0 Å². The Kier molecular flexibility index (Phi) is 3.90. The van der Waals surface area contributed by atoms with E-state index in [4.69, 9.17) is 9.47 Å². The van der Waals surface area contributed by atoms with E-state index >= 15 is 0 Å². The number of amides is 1. The van der Waals surface area contributed by atoms with Crippen molar-refractivity contribution in [2.24, 2.45) is 0 Å². The van der Waals surface area contributed by atoms with E-state index in [1.54, 1.807) is 20.8 Å². The van der Waals surface area contributed by atoms with Crippen LogP contribution in [0.3, 0.4) is 0 Å². The molecule has 0 spiro atoms. The number of rotatable bonds is 2. The van der Waals surface area contributed by atoms with E-state index in [2.05, 4.69) is 0 Å². The van der Waals surface area contributed by atoms with Crippen LogP contribution in [0.4, 0.5) is 4.79 Å². The fourth-order valence-electron chi connectivity index (χ4n) is 1.98. The van der Waals surface area contributed by atoms with Gasteiger partial charge in [-0.05, 0) is 27.7 Å². The van der Waals surface area contributed by atoms with Gasteiger partial charge in [-0.2, -0.15) is 0 Å². The van der Waals surface area contributed by atoms with Gasteiger partial charge < -0.3 is 14.6 Å². The van der Waals surface area contributed by atoms with Crippen LogP contribution in [0.15, 0.2) is 0 Å². The molecule has 0 unspecified atom stereocenters. The molecule has 6 nitrogen and oxygen atoms in total. The number of carboxylic acids is 1. The first kappa shape index (κ1) is 14.8. The second-order valence-electron chi connectivity index (χ2n) is 5.73. The Morgan fingerprint density at radius 2 is 1.94 bits per heavy atom. The van der Waals surface area contributed by atoms with E-state index in [0.717, 1.165) is 0 Å². The monoisotopic (exact) mass is 259 g/mol. The van der Waals surface area contributed by atoms with E-state index < -0.39 is 23.2 Å². The number of carbonyl (C=O) groups is 2. The summed E-state index contributed by atoms with van der Waals surface area (Å²) in [6.07, 6.45) is -0.636. The summed E-state index contributed by atoms with van der Waals surface area (Å²) >= 11 is 0. The zero-order valence-electron chi connectivity index (χ0n) is 11.5. The van der Waals surface area contributed by atoms with Gasteiger partial charge in [0.05, 0.1) is 12.6 Å². The largest absolute Gasteiger partial charge is 0.480 e. The highest BCUT2D eigenvalue weighted by atomic mass is 16.6. The molecule has 0 aromatic rings. The molecule has 0 saturated carbocycles. The van der Waals surface area contributed by atoms with Crippen LogP contribution in [0, 0.1) is 0 Å². The Morgan fingerprint density at radius 1 is 1.39 bits per heavy atom. The lowest BCUT2D eigenvalue weighted by Crippen LogP contribution is -2.52. The molecule has 0 aromatic carbocycles. The number of nitrogens with zero attached hydrogens (tertiary/aromatic N) is 1. The van der Waals surface area contributed by atoms with Crippen LogP contribution in [-0.4, -0.2) is 53.0 Å². The number of hydrogen-bond acceptors (Lipinski definition) is 4. The molecule has 1 aliphatic heterocycles. The molecular weight excluding hydrogens is 238 g/mol. The maximum Gasteiger partial charge on any atom is 0.411 e. The molecule has 0 radical (unpaired) electrons. The molecule has 0 aromatic heterocycles. The van der Waals surface area contributed by atoms with Gasteiger partial charge in [0.2, 0.25) is 0 Å². The molecule has 0 bridgehead atoms. The molecule has 18 heavy (non-hydrogen) atoms. The molecule has 6 heteroatoms. The lowest BCUT2D eigenvalue weighted by atomic mass is 9.99. The number of carboxylic acid groups (broad SMARTS) is 1. The maximum absolute atomic E-state index is 12.0. The Morgan fingerprint density at radius 3 is 2.33 bits per heavy atom. The third-order valence-corrected chi connectivity index (χ3v) is 3.02. The van der Waals surface area contributed by atoms with Crippen LogP contribution in [0.2, 0.25) is 0 Å². The average molecular weight is 259 g/mol. The summed E-state index contributed by atoms with van der Waals surface area (Å²) in [5.74, 6) is -1.05. The van der Waals surface area contributed by atoms with E-state index in [1.165, 1.54) is 18.9 Å². The van der Waals surface area contributed by atoms with Crippen molar-refractivity contribution in [2.45, 2.75) is 51.4 Å². The molecule has 104 valence electrons. The molecule has 1 aliphatic rings. The summed E-state index contributed by atoms with van der Waals surface area (Å²) in [7, 11) is 1.51. The summed E-state index contributed by atoms with van der Waals surface area (Å²) < 4.78 is 10.4. The first-order valence-electron chi connectivity index (χ1n) is 5.87. The van der Waals surface area contributed by atoms with Gasteiger partial charge in [0.1, 0.15) is 11.1 Å². The third-order valence-electron chi connectivity index (χ3n) is 3.02. The zero-order chi connectivity index (χ0) is 14.1. The fourth-order valence-corrected chi connectivity index (χ4v) is 1.98. The van der Waals surface area contributed by atoms with Crippen molar-refractivity contribution in [2.75, 3.05) is 13.7 Å². The predicted octanol–water partition coefficient (Wildman–Crippen LogP) is 1.49. The highest BCUT2D eigenvalue weighted by molar-refractivity contribution is 5.85. The van der Waals surface area contributed by atoms with Crippen molar-refractivity contribution in [3.63, 3.8) is 0 Å². The lowest BCUT2D eigenvalue weighted by molar-refractivity contribution is -0.148. The predicted molar refractivity (Wildman–Crippen MR) is 64.4 cm³/mol. The molecule has 1 heterocycles. The van der Waals surface area contributed by atoms with Gasteiger partial charge in [-0.25, -0.2) is 9.59 Å². The van der Waals surface area contributed by atoms with Gasteiger partial charge in [0.15, 0.2) is 0 Å². The Labute approximate surface area is 107 Å². The van der Waals surface area contributed by atoms with E-state index in [0.29, 0.717) is 0 Å². The standard InChI is InChI=1S/C12H21NO5/c1-11(2,3)18-10(16)13-7-8(17-5)6-12(13,4)9(14)15/h8H,6-7H2,1-5H3,(H,14,15)/t8-,12+/m0/s1. The van der Waals surface area contributed by atoms with Crippen molar-refractivity contribution in [3.8, 4) is 0 Å². The molecule has 1 fully saturated rings. The molecule has 1 rings (SSSR count). The van der Waals surface area contributed by atoms with Crippen molar-refractivity contribution in [3.05, 3.63) is 0 Å². The van der Waals surface area contributed by atoms with Gasteiger partial charge in [0.25, 0.3) is 0 Å². The van der Waals surface area contributed by atoms with Crippen molar-refractivity contribution >= 4 is 12.1 Å². The minimum atomic E-state index is -1.27. The number of ether oxygens (including phenoxy) is 2. The number of likely N-dealkylation sites (tertiary alicyclic amines) is 1. The minimum Gasteiger partial charge on any atom is -0.480 e. The average Bonchev–Trinajstić information content (AvgIpc) is 2.54. The topological polar surface area (TPSA) is 76.1 Å². The third kappa shape index (κ3) is 2.93. The quantitative estimate of drug-likeness (QED) is 0.813. The molecule has 1 saturated heterocycles. The molecule has 1 amide bonds. The fraction of sp³-hybridized carbons (Fsp3) is 0.833. The van der Waals surface area contributed by atoms with Crippen LogP contribution in [0.5, 0.6) is 0 Å². The number of methoxy groups -OCH3 is 1. The van der Waals surface area contributed by atoms with Gasteiger partial charge in [-0.1, -0.05) is 0 Å². The second kappa shape index (κ2) is 4.76. The summed E-state index contributed by atoms with van der Waals surface area (Å²) in [4.78, 5) is 24.6. The van der Waals surface area contributed by atoms with Gasteiger partial charge in [-0.15, -0.1) is 0 Å². The maximum atomic E-state index is 12.0. The molecule has 2 atom stereocenters. The first-order chi connectivity index (χ1) is 8.10. The van der Waals surface area contributed by atoms with Crippen LogP contribution in [0.25, 0.3) is 0 Å². The number of carbonyl (C=O) groups excluding carboxylic acids is 1. The van der Waals surface area contributed by atoms with E-state index in [9.17, 15) is 14.7 Å². The van der Waals surface area contributed by atoms with Crippen LogP contribution < -0.4 is 0 Å².